The van der Waals surface area contributed by atoms with Gasteiger partial charge >= 0.3 is 6.03 Å². The Hall–Kier alpha value is -2.77. The van der Waals surface area contributed by atoms with Gasteiger partial charge in [-0.1, -0.05) is 23.2 Å². The number of anilines is 2. The topological polar surface area (TPSA) is 99.3 Å². The van der Waals surface area contributed by atoms with Gasteiger partial charge in [0, 0.05) is 37.0 Å². The van der Waals surface area contributed by atoms with Gasteiger partial charge < -0.3 is 21.3 Å². The maximum atomic E-state index is 12.0. The third-order valence-corrected chi connectivity index (χ3v) is 4.11. The fraction of sp³-hybridized carbons (Fsp3) is 0.167. The largest absolute Gasteiger partial charge is 0.355 e. The summed E-state index contributed by atoms with van der Waals surface area (Å²) >= 11 is 11.7. The molecule has 4 N–H and O–H groups in total. The second-order valence-corrected chi connectivity index (χ2v) is 6.34. The quantitative estimate of drug-likeness (QED) is 0.550. The third-order valence-electron chi connectivity index (χ3n) is 3.37. The maximum absolute atomic E-state index is 12.0. The lowest BCUT2D eigenvalue weighted by Crippen LogP contribution is -2.33. The molecule has 9 heteroatoms. The summed E-state index contributed by atoms with van der Waals surface area (Å²) in [6.45, 7) is 2.09. The second kappa shape index (κ2) is 9.80. The molecular formula is C18H18Cl2N4O3. The number of rotatable bonds is 6. The summed E-state index contributed by atoms with van der Waals surface area (Å²) in [4.78, 5) is 34.7. The number of halogens is 2. The molecule has 0 saturated carbocycles. The highest BCUT2D eigenvalue weighted by Gasteiger charge is 2.07. The lowest BCUT2D eigenvalue weighted by molar-refractivity contribution is -0.118. The summed E-state index contributed by atoms with van der Waals surface area (Å²) < 4.78 is 0. The molecule has 0 bridgehead atoms. The number of benzene rings is 2. The molecule has 142 valence electrons. The highest BCUT2D eigenvalue weighted by molar-refractivity contribution is 6.42. The molecule has 0 aromatic heterocycles. The van der Waals surface area contributed by atoms with Gasteiger partial charge in [0.05, 0.1) is 10.0 Å². The summed E-state index contributed by atoms with van der Waals surface area (Å²) in [6.07, 6.45) is 0. The van der Waals surface area contributed by atoms with Crippen LogP contribution in [0.25, 0.3) is 0 Å². The predicted molar refractivity (Wildman–Crippen MR) is 107 cm³/mol. The van der Waals surface area contributed by atoms with Gasteiger partial charge in [-0.3, -0.25) is 9.59 Å². The Morgan fingerprint density at radius 3 is 2.04 bits per heavy atom. The molecule has 0 radical (unpaired) electrons. The molecule has 4 amide bonds. The highest BCUT2D eigenvalue weighted by atomic mass is 35.5. The normalized spacial score (nSPS) is 10.0. The number of carbonyl (C=O) groups excluding carboxylic acids is 3. The van der Waals surface area contributed by atoms with E-state index in [0.29, 0.717) is 40.1 Å². The van der Waals surface area contributed by atoms with Crippen molar-refractivity contribution in [3.05, 3.63) is 58.1 Å². The van der Waals surface area contributed by atoms with Crippen LogP contribution in [-0.4, -0.2) is 30.9 Å². The molecule has 0 spiro atoms. The molecule has 0 saturated heterocycles. The summed E-state index contributed by atoms with van der Waals surface area (Å²) in [6, 6.07) is 10.7. The van der Waals surface area contributed by atoms with Crippen LogP contribution in [0.5, 0.6) is 0 Å². The van der Waals surface area contributed by atoms with E-state index in [0.717, 1.165) is 0 Å². The van der Waals surface area contributed by atoms with Gasteiger partial charge in [0.25, 0.3) is 5.91 Å². The van der Waals surface area contributed by atoms with Crippen LogP contribution < -0.4 is 21.3 Å². The van der Waals surface area contributed by atoms with Crippen molar-refractivity contribution in [1.82, 2.24) is 10.6 Å². The predicted octanol–water partition coefficient (Wildman–Crippen LogP) is 3.50. The molecule has 0 aliphatic heterocycles. The van der Waals surface area contributed by atoms with Crippen molar-refractivity contribution < 1.29 is 14.4 Å². The van der Waals surface area contributed by atoms with Crippen LogP contribution in [0.3, 0.4) is 0 Å². The fourth-order valence-corrected chi connectivity index (χ4v) is 2.39. The smallest absolute Gasteiger partial charge is 0.323 e. The molecule has 2 rings (SSSR count). The molecule has 0 heterocycles. The van der Waals surface area contributed by atoms with Crippen LogP contribution in [-0.2, 0) is 4.79 Å². The molecule has 2 aromatic rings. The van der Waals surface area contributed by atoms with Gasteiger partial charge in [-0.2, -0.15) is 0 Å². The Kier molecular flexibility index (Phi) is 7.45. The van der Waals surface area contributed by atoms with Crippen LogP contribution >= 0.6 is 23.2 Å². The maximum Gasteiger partial charge on any atom is 0.323 e. The van der Waals surface area contributed by atoms with Gasteiger partial charge in [-0.05, 0) is 42.5 Å². The average Bonchev–Trinajstić information content (AvgIpc) is 2.62. The number of carbonyl (C=O) groups is 3. The Labute approximate surface area is 166 Å². The van der Waals surface area contributed by atoms with Crippen molar-refractivity contribution in [1.29, 1.82) is 0 Å². The number of hydrogen-bond acceptors (Lipinski definition) is 3. The Morgan fingerprint density at radius 2 is 1.41 bits per heavy atom. The van der Waals surface area contributed by atoms with Gasteiger partial charge in [0.2, 0.25) is 5.91 Å². The zero-order chi connectivity index (χ0) is 19.8. The molecule has 2 aromatic carbocycles. The fourth-order valence-electron chi connectivity index (χ4n) is 2.09. The van der Waals surface area contributed by atoms with Crippen molar-refractivity contribution in [2.24, 2.45) is 0 Å². The molecular weight excluding hydrogens is 391 g/mol. The lowest BCUT2D eigenvalue weighted by atomic mass is 10.2. The van der Waals surface area contributed by atoms with Crippen molar-refractivity contribution in [2.45, 2.75) is 6.92 Å². The number of urea groups is 1. The Bertz CT molecular complexity index is 841. The van der Waals surface area contributed by atoms with Gasteiger partial charge in [-0.15, -0.1) is 0 Å². The molecule has 0 unspecified atom stereocenters. The molecule has 0 atom stereocenters. The van der Waals surface area contributed by atoms with Crippen LogP contribution in [0.15, 0.2) is 42.5 Å². The first kappa shape index (κ1) is 20.5. The van der Waals surface area contributed by atoms with Crippen LogP contribution in [0.2, 0.25) is 10.0 Å². The van der Waals surface area contributed by atoms with E-state index in [4.69, 9.17) is 23.2 Å². The zero-order valence-corrected chi connectivity index (χ0v) is 15.9. The van der Waals surface area contributed by atoms with Gasteiger partial charge in [0.15, 0.2) is 0 Å². The lowest BCUT2D eigenvalue weighted by Gasteiger charge is -2.09. The Balaban J connectivity index is 1.85. The highest BCUT2D eigenvalue weighted by Crippen LogP contribution is 2.25. The minimum absolute atomic E-state index is 0.154. The summed E-state index contributed by atoms with van der Waals surface area (Å²) in [5.41, 5.74) is 1.45. The summed E-state index contributed by atoms with van der Waals surface area (Å²) in [5.74, 6) is -0.425. The first-order valence-electron chi connectivity index (χ1n) is 8.01. The molecule has 7 nitrogen and oxygen atoms in total. The van der Waals surface area contributed by atoms with Crippen molar-refractivity contribution in [3.63, 3.8) is 0 Å². The van der Waals surface area contributed by atoms with Gasteiger partial charge in [-0.25, -0.2) is 4.79 Å². The monoisotopic (exact) mass is 408 g/mol. The summed E-state index contributed by atoms with van der Waals surface area (Å²) in [7, 11) is 0. The van der Waals surface area contributed by atoms with E-state index in [1.807, 2.05) is 0 Å². The van der Waals surface area contributed by atoms with E-state index in [1.54, 1.807) is 36.4 Å². The number of amides is 4. The van der Waals surface area contributed by atoms with E-state index < -0.39 is 6.03 Å². The third kappa shape index (κ3) is 6.80. The zero-order valence-electron chi connectivity index (χ0n) is 14.4. The average molecular weight is 409 g/mol. The minimum Gasteiger partial charge on any atom is -0.355 e. The SMILES string of the molecule is CC(=O)NCCNC(=O)c1ccc(NC(=O)Nc2ccc(Cl)c(Cl)c2)cc1. The first-order chi connectivity index (χ1) is 12.8. The van der Waals surface area contributed by atoms with E-state index in [9.17, 15) is 14.4 Å². The molecule has 27 heavy (non-hydrogen) atoms. The van der Waals surface area contributed by atoms with Crippen LogP contribution in [0.4, 0.5) is 16.2 Å². The number of hydrogen-bond donors (Lipinski definition) is 4. The molecule has 0 aliphatic carbocycles. The standard InChI is InChI=1S/C18H18Cl2N4O3/c1-11(25)21-8-9-22-17(26)12-2-4-13(5-3-12)23-18(27)24-14-6-7-15(19)16(20)10-14/h2-7,10H,8-9H2,1H3,(H,21,25)(H,22,26)(H2,23,24,27). The van der Waals surface area contributed by atoms with Crippen molar-refractivity contribution in [2.75, 3.05) is 23.7 Å². The second-order valence-electron chi connectivity index (χ2n) is 5.52. The first-order valence-corrected chi connectivity index (χ1v) is 8.76. The van der Waals surface area contributed by atoms with E-state index >= 15 is 0 Å². The number of nitrogens with one attached hydrogen (secondary N) is 4. The van der Waals surface area contributed by atoms with E-state index in [1.165, 1.54) is 13.0 Å². The van der Waals surface area contributed by atoms with Crippen LogP contribution in [0.1, 0.15) is 17.3 Å². The molecule has 0 fully saturated rings. The van der Waals surface area contributed by atoms with E-state index in [-0.39, 0.29) is 11.8 Å². The summed E-state index contributed by atoms with van der Waals surface area (Å²) in [5, 5.41) is 11.3. The molecule has 0 aliphatic rings. The van der Waals surface area contributed by atoms with Crippen molar-refractivity contribution >= 4 is 52.4 Å². The Morgan fingerprint density at radius 1 is 0.815 bits per heavy atom. The van der Waals surface area contributed by atoms with E-state index in [2.05, 4.69) is 21.3 Å². The van der Waals surface area contributed by atoms with Crippen molar-refractivity contribution in [3.8, 4) is 0 Å². The van der Waals surface area contributed by atoms with Crippen LogP contribution in [0, 0.1) is 0 Å². The minimum atomic E-state index is -0.458. The van der Waals surface area contributed by atoms with Gasteiger partial charge in [0.1, 0.15) is 0 Å².